The normalized spacial score (nSPS) is 13.5. The first-order valence-corrected chi connectivity index (χ1v) is 11.7. The molecule has 152 valence electrons. The molecule has 1 aromatic heterocycles. The molecule has 0 spiro atoms. The Morgan fingerprint density at radius 2 is 1.67 bits per heavy atom. The molecule has 1 aliphatic rings. The summed E-state index contributed by atoms with van der Waals surface area (Å²) in [5.74, 6) is 0. The minimum atomic E-state index is -2.77. The van der Waals surface area contributed by atoms with Gasteiger partial charge in [0.2, 0.25) is 0 Å². The quantitative estimate of drug-likeness (QED) is 0.244. The van der Waals surface area contributed by atoms with Crippen LogP contribution >= 0.6 is 0 Å². The molecular formula is C26H25F2NZr. The number of hydrogen-bond donors (Lipinski definition) is 0. The number of aryl methyl sites for hydroxylation is 1. The van der Waals surface area contributed by atoms with Crippen LogP contribution in [0.2, 0.25) is 0 Å². The molecule has 0 saturated heterocycles. The van der Waals surface area contributed by atoms with E-state index in [1.807, 2.05) is 12.2 Å². The van der Waals surface area contributed by atoms with Crippen LogP contribution in [0.4, 0.5) is 5.25 Å². The molecule has 0 aliphatic heterocycles. The zero-order chi connectivity index (χ0) is 21.7. The third kappa shape index (κ3) is 4.92. The number of para-hydroxylation sites is 1. The van der Waals surface area contributed by atoms with Crippen molar-refractivity contribution in [3.63, 3.8) is 0 Å². The van der Waals surface area contributed by atoms with E-state index in [1.54, 1.807) is 0 Å². The predicted molar refractivity (Wildman–Crippen MR) is 119 cm³/mol. The second-order valence-electron chi connectivity index (χ2n) is 7.87. The number of benzene rings is 2. The molecule has 0 saturated carbocycles. The van der Waals surface area contributed by atoms with Crippen LogP contribution in [0.3, 0.4) is 0 Å². The van der Waals surface area contributed by atoms with Crippen molar-refractivity contribution in [3.05, 3.63) is 96.2 Å². The van der Waals surface area contributed by atoms with Crippen molar-refractivity contribution >= 4 is 21.7 Å². The van der Waals surface area contributed by atoms with Gasteiger partial charge in [-0.05, 0) is 31.2 Å². The standard InChI is InChI=1S/C19H16N.C7H9.2FH.Zr/c1-13-14(2)20(19-10-6-5-9-18(13)19)17-11-15-7-3-4-8-16(15)12-17;1-7(2)5-3-4-6-7;;;/h3-12H,1-2H3;3-5H,1-2H3;2*1H;/q2*-1;;;+4/p-2. The summed E-state index contributed by atoms with van der Waals surface area (Å²) in [6.45, 7) is 8.67. The van der Waals surface area contributed by atoms with E-state index in [4.69, 9.17) is 0 Å². The van der Waals surface area contributed by atoms with Crippen LogP contribution in [-0.2, 0) is 24.5 Å². The SMILES string of the molecule is CC1(C)[C-]=CC=C1.Cc1c(C)n(-c2cc3ccccc3[cH-]2)c2ccccc12.[F][Zr+2][F]. The van der Waals surface area contributed by atoms with E-state index in [0.717, 1.165) is 0 Å². The molecule has 0 N–H and O–H groups in total. The van der Waals surface area contributed by atoms with E-state index in [9.17, 15) is 5.25 Å². The van der Waals surface area contributed by atoms with Gasteiger partial charge in [0.1, 0.15) is 0 Å². The van der Waals surface area contributed by atoms with Gasteiger partial charge in [0.05, 0.1) is 5.52 Å². The van der Waals surface area contributed by atoms with Crippen LogP contribution in [0.1, 0.15) is 25.1 Å². The molecule has 0 fully saturated rings. The first-order chi connectivity index (χ1) is 14.4. The molecular weight excluding hydrogens is 456 g/mol. The van der Waals surface area contributed by atoms with Gasteiger partial charge < -0.3 is 4.57 Å². The molecule has 30 heavy (non-hydrogen) atoms. The Morgan fingerprint density at radius 1 is 1.00 bits per heavy atom. The fourth-order valence-electron chi connectivity index (χ4n) is 3.72. The van der Waals surface area contributed by atoms with E-state index < -0.39 is 24.5 Å². The molecule has 4 heteroatoms. The number of nitrogens with zero attached hydrogens (tertiary/aromatic N) is 1. The fraction of sp³-hybridized carbons (Fsp3) is 0.192. The monoisotopic (exact) mass is 479 g/mol. The fourth-order valence-corrected chi connectivity index (χ4v) is 3.72. The number of fused-ring (bicyclic) bond motifs is 2. The second kappa shape index (κ2) is 9.75. The van der Waals surface area contributed by atoms with Gasteiger partial charge in [-0.15, -0.1) is 41.1 Å². The predicted octanol–water partition coefficient (Wildman–Crippen LogP) is 7.90. The van der Waals surface area contributed by atoms with Crippen LogP contribution < -0.4 is 0 Å². The minimum absolute atomic E-state index is 0.208. The van der Waals surface area contributed by atoms with Crippen molar-refractivity contribution in [1.82, 2.24) is 4.57 Å². The van der Waals surface area contributed by atoms with Crippen molar-refractivity contribution in [2.45, 2.75) is 27.7 Å². The van der Waals surface area contributed by atoms with Crippen molar-refractivity contribution in [2.24, 2.45) is 5.41 Å². The first kappa shape index (κ1) is 22.5. The van der Waals surface area contributed by atoms with Gasteiger partial charge in [-0.1, -0.05) is 43.5 Å². The summed E-state index contributed by atoms with van der Waals surface area (Å²) in [6, 6.07) is 21.7. The Morgan fingerprint density at radius 3 is 2.27 bits per heavy atom. The van der Waals surface area contributed by atoms with Gasteiger partial charge >= 0.3 is 29.7 Å². The van der Waals surface area contributed by atoms with Crippen LogP contribution in [0, 0.1) is 25.3 Å². The van der Waals surface area contributed by atoms with Gasteiger partial charge in [0.15, 0.2) is 0 Å². The van der Waals surface area contributed by atoms with Crippen molar-refractivity contribution in [1.29, 1.82) is 0 Å². The summed E-state index contributed by atoms with van der Waals surface area (Å²) in [5, 5.41) is 3.95. The zero-order valence-corrected chi connectivity index (χ0v) is 20.2. The van der Waals surface area contributed by atoms with Crippen LogP contribution in [-0.4, -0.2) is 4.57 Å². The van der Waals surface area contributed by atoms with Crippen LogP contribution in [0.5, 0.6) is 0 Å². The second-order valence-corrected chi connectivity index (χ2v) is 8.22. The Labute approximate surface area is 190 Å². The molecule has 4 aromatic rings. The number of aromatic nitrogens is 1. The molecule has 5 rings (SSSR count). The van der Waals surface area contributed by atoms with Crippen LogP contribution in [0.25, 0.3) is 27.4 Å². The number of rotatable bonds is 1. The Kier molecular flexibility index (Phi) is 7.31. The average molecular weight is 481 g/mol. The van der Waals surface area contributed by atoms with E-state index in [-0.39, 0.29) is 5.41 Å². The van der Waals surface area contributed by atoms with E-state index in [1.165, 1.54) is 38.6 Å². The van der Waals surface area contributed by atoms with Gasteiger partial charge in [-0.3, -0.25) is 6.08 Å². The summed E-state index contributed by atoms with van der Waals surface area (Å²) in [5.41, 5.74) is 5.44. The average Bonchev–Trinajstić information content (AvgIpc) is 3.40. The van der Waals surface area contributed by atoms with Crippen molar-refractivity contribution < 1.29 is 29.7 Å². The molecule has 0 atom stereocenters. The van der Waals surface area contributed by atoms with Crippen LogP contribution in [0.15, 0.2) is 78.9 Å². The van der Waals surface area contributed by atoms with E-state index in [0.29, 0.717) is 0 Å². The maximum absolute atomic E-state index is 9.80. The molecule has 0 unspecified atom stereocenters. The van der Waals surface area contributed by atoms with Crippen molar-refractivity contribution in [3.8, 4) is 5.69 Å². The summed E-state index contributed by atoms with van der Waals surface area (Å²) < 4.78 is 22.0. The van der Waals surface area contributed by atoms with Gasteiger partial charge in [0.25, 0.3) is 0 Å². The summed E-state index contributed by atoms with van der Waals surface area (Å²) in [4.78, 5) is 0. The maximum atomic E-state index is 9.80. The topological polar surface area (TPSA) is 4.93 Å². The molecule has 0 amide bonds. The summed E-state index contributed by atoms with van der Waals surface area (Å²) >= 11 is -2.77. The van der Waals surface area contributed by atoms with Crippen molar-refractivity contribution in [2.75, 3.05) is 0 Å². The molecule has 0 radical (unpaired) electrons. The third-order valence-electron chi connectivity index (χ3n) is 5.35. The zero-order valence-electron chi connectivity index (χ0n) is 17.7. The molecule has 3 aromatic carbocycles. The first-order valence-electron chi connectivity index (χ1n) is 9.85. The van der Waals surface area contributed by atoms with Gasteiger partial charge in [0, 0.05) is 11.1 Å². The third-order valence-corrected chi connectivity index (χ3v) is 5.35. The number of halogens is 2. The summed E-state index contributed by atoms with van der Waals surface area (Å²) in [6.07, 6.45) is 9.28. The molecule has 1 heterocycles. The Hall–Kier alpha value is -2.19. The van der Waals surface area contributed by atoms with Gasteiger partial charge in [-0.2, -0.15) is 6.08 Å². The Bertz CT molecular complexity index is 1150. The molecule has 1 aliphatic carbocycles. The van der Waals surface area contributed by atoms with E-state index in [2.05, 4.69) is 105 Å². The molecule has 0 bridgehead atoms. The summed E-state index contributed by atoms with van der Waals surface area (Å²) in [7, 11) is 0. The van der Waals surface area contributed by atoms with Gasteiger partial charge in [-0.25, -0.2) is 12.2 Å². The number of allylic oxidation sites excluding steroid dienone is 4. The van der Waals surface area contributed by atoms with E-state index >= 15 is 0 Å². The Balaban J connectivity index is 0.000000214. The number of hydrogen-bond acceptors (Lipinski definition) is 0. The molecule has 1 nitrogen and oxygen atoms in total.